The second-order valence-electron chi connectivity index (χ2n) is 5.48. The summed E-state index contributed by atoms with van der Waals surface area (Å²) in [6.07, 6.45) is 0.150. The Bertz CT molecular complexity index is 700. The van der Waals surface area contributed by atoms with Gasteiger partial charge in [0.25, 0.3) is 0 Å². The summed E-state index contributed by atoms with van der Waals surface area (Å²) in [5.41, 5.74) is 1.50. The lowest BCUT2D eigenvalue weighted by Gasteiger charge is -2.16. The molecule has 2 aromatic rings. The summed E-state index contributed by atoms with van der Waals surface area (Å²) in [6.45, 7) is 0.403. The Hall–Kier alpha value is -2.69. The molecule has 0 saturated carbocycles. The number of rotatable bonds is 4. The summed E-state index contributed by atoms with van der Waals surface area (Å²) in [5.74, 6) is -1.29. The Balaban J connectivity index is 1.58. The van der Waals surface area contributed by atoms with Gasteiger partial charge in [-0.05, 0) is 29.8 Å². The van der Waals surface area contributed by atoms with E-state index in [2.05, 4.69) is 0 Å². The zero-order chi connectivity index (χ0) is 16.2. The van der Waals surface area contributed by atoms with E-state index in [-0.39, 0.29) is 24.8 Å². The Morgan fingerprint density at radius 3 is 2.52 bits per heavy atom. The molecule has 1 amide bonds. The molecular formula is C18H16FNO3. The fourth-order valence-electron chi connectivity index (χ4n) is 2.58. The normalized spacial score (nSPS) is 17.3. The fraction of sp³-hybridized carbons (Fsp3) is 0.222. The Morgan fingerprint density at radius 1 is 1.13 bits per heavy atom. The summed E-state index contributed by atoms with van der Waals surface area (Å²) >= 11 is 0. The van der Waals surface area contributed by atoms with Crippen molar-refractivity contribution in [2.24, 2.45) is 5.92 Å². The van der Waals surface area contributed by atoms with Gasteiger partial charge < -0.3 is 9.64 Å². The van der Waals surface area contributed by atoms with E-state index in [1.807, 2.05) is 30.3 Å². The van der Waals surface area contributed by atoms with Gasteiger partial charge in [-0.25, -0.2) is 4.39 Å². The molecule has 1 fully saturated rings. The van der Waals surface area contributed by atoms with Crippen molar-refractivity contribution in [2.75, 3.05) is 11.4 Å². The third-order valence-electron chi connectivity index (χ3n) is 3.82. The van der Waals surface area contributed by atoms with E-state index in [4.69, 9.17) is 4.74 Å². The largest absolute Gasteiger partial charge is 0.461 e. The highest BCUT2D eigenvalue weighted by molar-refractivity contribution is 5.99. The van der Waals surface area contributed by atoms with Crippen LogP contribution in [-0.4, -0.2) is 18.4 Å². The highest BCUT2D eigenvalue weighted by Gasteiger charge is 2.36. The number of halogens is 1. The molecule has 0 spiro atoms. The van der Waals surface area contributed by atoms with Gasteiger partial charge in [-0.1, -0.05) is 30.3 Å². The van der Waals surface area contributed by atoms with E-state index in [0.29, 0.717) is 12.1 Å². The minimum Gasteiger partial charge on any atom is -0.461 e. The van der Waals surface area contributed by atoms with E-state index < -0.39 is 11.9 Å². The number of carbonyl (C=O) groups excluding carboxylic acids is 2. The topological polar surface area (TPSA) is 46.6 Å². The van der Waals surface area contributed by atoms with Crippen molar-refractivity contribution in [3.8, 4) is 0 Å². The Kier molecular flexibility index (Phi) is 4.37. The molecule has 1 aliphatic heterocycles. The average Bonchev–Trinajstić information content (AvgIpc) is 2.97. The highest BCUT2D eigenvalue weighted by atomic mass is 19.1. The predicted molar refractivity (Wildman–Crippen MR) is 83.1 cm³/mol. The van der Waals surface area contributed by atoms with Crippen LogP contribution in [0, 0.1) is 11.7 Å². The van der Waals surface area contributed by atoms with Gasteiger partial charge in [0.2, 0.25) is 5.91 Å². The maximum Gasteiger partial charge on any atom is 0.311 e. The van der Waals surface area contributed by atoms with E-state index in [1.165, 1.54) is 12.1 Å². The van der Waals surface area contributed by atoms with Crippen molar-refractivity contribution in [3.05, 3.63) is 66.0 Å². The second-order valence-corrected chi connectivity index (χ2v) is 5.48. The number of para-hydroxylation sites is 1. The molecule has 0 aliphatic carbocycles. The minimum atomic E-state index is -0.469. The number of hydrogen-bond donors (Lipinski definition) is 0. The molecule has 118 valence electrons. The van der Waals surface area contributed by atoms with Crippen LogP contribution in [0.1, 0.15) is 12.0 Å². The van der Waals surface area contributed by atoms with Crippen LogP contribution in [0.4, 0.5) is 10.1 Å². The number of nitrogens with zero attached hydrogens (tertiary/aromatic N) is 1. The number of amides is 1. The van der Waals surface area contributed by atoms with Gasteiger partial charge in [0.1, 0.15) is 12.4 Å². The van der Waals surface area contributed by atoms with E-state index in [9.17, 15) is 14.0 Å². The molecule has 1 aliphatic rings. The number of ether oxygens (including phenoxy) is 1. The summed E-state index contributed by atoms with van der Waals surface area (Å²) < 4.78 is 18.1. The number of esters is 1. The molecule has 2 aromatic carbocycles. The molecule has 0 bridgehead atoms. The average molecular weight is 313 g/mol. The number of carbonyl (C=O) groups is 2. The first-order valence-electron chi connectivity index (χ1n) is 7.40. The Morgan fingerprint density at radius 2 is 1.83 bits per heavy atom. The number of anilines is 1. The van der Waals surface area contributed by atoms with Crippen LogP contribution in [0.2, 0.25) is 0 Å². The molecule has 3 rings (SSSR count). The molecule has 0 radical (unpaired) electrons. The van der Waals surface area contributed by atoms with Crippen LogP contribution >= 0.6 is 0 Å². The van der Waals surface area contributed by atoms with Crippen molar-refractivity contribution in [1.29, 1.82) is 0 Å². The first-order chi connectivity index (χ1) is 11.1. The van der Waals surface area contributed by atoms with Crippen molar-refractivity contribution < 1.29 is 18.7 Å². The van der Waals surface area contributed by atoms with Crippen molar-refractivity contribution in [1.82, 2.24) is 0 Å². The van der Waals surface area contributed by atoms with Crippen molar-refractivity contribution in [3.63, 3.8) is 0 Å². The molecular weight excluding hydrogens is 297 g/mol. The van der Waals surface area contributed by atoms with Gasteiger partial charge in [-0.15, -0.1) is 0 Å². The summed E-state index contributed by atoms with van der Waals surface area (Å²) in [4.78, 5) is 25.8. The van der Waals surface area contributed by atoms with E-state index in [0.717, 1.165) is 5.69 Å². The maximum atomic E-state index is 12.8. The quantitative estimate of drug-likeness (QED) is 0.815. The molecule has 0 N–H and O–H groups in total. The zero-order valence-corrected chi connectivity index (χ0v) is 12.4. The highest BCUT2D eigenvalue weighted by Crippen LogP contribution is 2.25. The fourth-order valence-corrected chi connectivity index (χ4v) is 2.58. The first-order valence-corrected chi connectivity index (χ1v) is 7.40. The van der Waals surface area contributed by atoms with Gasteiger partial charge in [0.05, 0.1) is 5.92 Å². The van der Waals surface area contributed by atoms with Crippen LogP contribution in [0.3, 0.4) is 0 Å². The van der Waals surface area contributed by atoms with Crippen LogP contribution in [0.15, 0.2) is 54.6 Å². The van der Waals surface area contributed by atoms with Crippen LogP contribution in [-0.2, 0) is 20.9 Å². The molecule has 1 atom stereocenters. The zero-order valence-electron chi connectivity index (χ0n) is 12.4. The smallest absolute Gasteiger partial charge is 0.311 e. The molecule has 5 heteroatoms. The SMILES string of the molecule is O=C(OCc1ccc(F)cc1)[C@H]1CC(=O)N(c2ccccc2)C1. The van der Waals surface area contributed by atoms with Gasteiger partial charge in [0.15, 0.2) is 0 Å². The molecule has 23 heavy (non-hydrogen) atoms. The number of hydrogen-bond acceptors (Lipinski definition) is 3. The second kappa shape index (κ2) is 6.60. The third-order valence-corrected chi connectivity index (χ3v) is 3.82. The van der Waals surface area contributed by atoms with Crippen molar-refractivity contribution in [2.45, 2.75) is 13.0 Å². The lowest BCUT2D eigenvalue weighted by atomic mass is 10.1. The van der Waals surface area contributed by atoms with Gasteiger partial charge in [0, 0.05) is 18.7 Å². The maximum absolute atomic E-state index is 12.8. The molecule has 1 heterocycles. The lowest BCUT2D eigenvalue weighted by Crippen LogP contribution is -2.26. The minimum absolute atomic E-state index is 0.0785. The third kappa shape index (κ3) is 3.56. The van der Waals surface area contributed by atoms with E-state index >= 15 is 0 Å². The molecule has 1 saturated heterocycles. The predicted octanol–water partition coefficient (Wildman–Crippen LogP) is 2.92. The van der Waals surface area contributed by atoms with Crippen LogP contribution in [0.25, 0.3) is 0 Å². The molecule has 4 nitrogen and oxygen atoms in total. The lowest BCUT2D eigenvalue weighted by molar-refractivity contribution is -0.149. The van der Waals surface area contributed by atoms with Crippen LogP contribution in [0.5, 0.6) is 0 Å². The van der Waals surface area contributed by atoms with Gasteiger partial charge in [-0.2, -0.15) is 0 Å². The summed E-state index contributed by atoms with van der Waals surface area (Å²) in [7, 11) is 0. The van der Waals surface area contributed by atoms with Crippen LogP contribution < -0.4 is 4.90 Å². The summed E-state index contributed by atoms with van der Waals surface area (Å²) in [5, 5.41) is 0. The van der Waals surface area contributed by atoms with Gasteiger partial charge >= 0.3 is 5.97 Å². The summed E-state index contributed by atoms with van der Waals surface area (Å²) in [6, 6.07) is 15.0. The monoisotopic (exact) mass is 313 g/mol. The molecule has 0 unspecified atom stereocenters. The van der Waals surface area contributed by atoms with Crippen molar-refractivity contribution >= 4 is 17.6 Å². The van der Waals surface area contributed by atoms with E-state index in [1.54, 1.807) is 17.0 Å². The Labute approximate surface area is 133 Å². The number of benzene rings is 2. The van der Waals surface area contributed by atoms with Gasteiger partial charge in [-0.3, -0.25) is 9.59 Å². The standard InChI is InChI=1S/C18H16FNO3/c19-15-8-6-13(7-9-15)12-23-18(22)14-10-17(21)20(11-14)16-4-2-1-3-5-16/h1-9,14H,10-12H2/t14-/m0/s1. The first kappa shape index (κ1) is 15.2. The molecule has 0 aromatic heterocycles.